The molecule has 1 fully saturated rings. The summed E-state index contributed by atoms with van der Waals surface area (Å²) in [5, 5.41) is 8.46. The molecule has 3 N–H and O–H groups in total. The molecule has 6 nitrogen and oxygen atoms in total. The molecule has 1 aromatic rings. The van der Waals surface area contributed by atoms with Crippen molar-refractivity contribution in [1.29, 1.82) is 0 Å². The van der Waals surface area contributed by atoms with Crippen molar-refractivity contribution >= 4 is 15.9 Å². The number of amides is 1. The Morgan fingerprint density at radius 3 is 2.62 bits per heavy atom. The van der Waals surface area contributed by atoms with Crippen LogP contribution in [0.5, 0.6) is 0 Å². The van der Waals surface area contributed by atoms with Crippen LogP contribution < -0.4 is 10.5 Å². The first-order chi connectivity index (χ1) is 9.71. The second kappa shape index (κ2) is 5.75. The molecule has 0 saturated carbocycles. The van der Waals surface area contributed by atoms with Crippen molar-refractivity contribution < 1.29 is 13.2 Å². The molecule has 0 bridgehead atoms. The lowest BCUT2D eigenvalue weighted by Crippen LogP contribution is -2.52. The van der Waals surface area contributed by atoms with Crippen molar-refractivity contribution in [3.63, 3.8) is 0 Å². The average Bonchev–Trinajstić information content (AvgIpc) is 2.40. The molecule has 116 valence electrons. The van der Waals surface area contributed by atoms with Gasteiger partial charge in [-0.05, 0) is 44.0 Å². The molecular formula is C14H21N3O3S. The zero-order chi connectivity index (χ0) is 15.8. The monoisotopic (exact) mass is 311 g/mol. The van der Waals surface area contributed by atoms with E-state index in [-0.39, 0.29) is 16.8 Å². The van der Waals surface area contributed by atoms with Gasteiger partial charge < -0.3 is 10.2 Å². The van der Waals surface area contributed by atoms with Gasteiger partial charge in [0.2, 0.25) is 10.0 Å². The van der Waals surface area contributed by atoms with Crippen molar-refractivity contribution in [2.45, 2.75) is 31.7 Å². The zero-order valence-electron chi connectivity index (χ0n) is 12.5. The van der Waals surface area contributed by atoms with E-state index in [0.717, 1.165) is 18.7 Å². The minimum atomic E-state index is -3.84. The fourth-order valence-electron chi connectivity index (χ4n) is 2.55. The molecule has 1 atom stereocenters. The molecule has 1 heterocycles. The quantitative estimate of drug-likeness (QED) is 0.826. The lowest BCUT2D eigenvalue weighted by atomic mass is 10.0. The van der Waals surface area contributed by atoms with Crippen LogP contribution in [-0.2, 0) is 10.0 Å². The highest BCUT2D eigenvalue weighted by molar-refractivity contribution is 7.89. The van der Waals surface area contributed by atoms with E-state index in [1.54, 1.807) is 24.8 Å². The molecule has 1 aliphatic heterocycles. The fourth-order valence-corrected chi connectivity index (χ4v) is 3.43. The van der Waals surface area contributed by atoms with Crippen LogP contribution in [0, 0.1) is 13.8 Å². The van der Waals surface area contributed by atoms with E-state index in [0.29, 0.717) is 17.7 Å². The number of benzene rings is 1. The number of piperazine rings is 1. The first kappa shape index (κ1) is 15.9. The van der Waals surface area contributed by atoms with Crippen molar-refractivity contribution in [2.24, 2.45) is 5.14 Å². The van der Waals surface area contributed by atoms with Crippen LogP contribution in [0.1, 0.15) is 28.4 Å². The van der Waals surface area contributed by atoms with Crippen LogP contribution in [0.15, 0.2) is 17.0 Å². The Balaban J connectivity index is 2.45. The van der Waals surface area contributed by atoms with E-state index in [2.05, 4.69) is 5.32 Å². The molecule has 1 amide bonds. The van der Waals surface area contributed by atoms with Crippen molar-refractivity contribution in [3.8, 4) is 0 Å². The number of nitrogens with zero attached hydrogens (tertiary/aromatic N) is 1. The first-order valence-corrected chi connectivity index (χ1v) is 8.42. The summed E-state index contributed by atoms with van der Waals surface area (Å²) in [5.41, 5.74) is 1.70. The third-order valence-electron chi connectivity index (χ3n) is 3.94. The van der Waals surface area contributed by atoms with Crippen LogP contribution in [0.25, 0.3) is 0 Å². The van der Waals surface area contributed by atoms with Crippen LogP contribution >= 0.6 is 0 Å². The second-order valence-electron chi connectivity index (χ2n) is 5.51. The predicted octanol–water partition coefficient (Wildman–Crippen LogP) is 0.385. The molecule has 0 radical (unpaired) electrons. The van der Waals surface area contributed by atoms with Crippen molar-refractivity contribution in [2.75, 3.05) is 19.6 Å². The number of aryl methyl sites for hydroxylation is 1. The van der Waals surface area contributed by atoms with Crippen molar-refractivity contribution in [3.05, 3.63) is 28.8 Å². The minimum absolute atomic E-state index is 0.0219. The highest BCUT2D eigenvalue weighted by Gasteiger charge is 2.26. The molecule has 1 aromatic carbocycles. The van der Waals surface area contributed by atoms with E-state index >= 15 is 0 Å². The maximum Gasteiger partial charge on any atom is 0.254 e. The molecule has 1 aliphatic rings. The topological polar surface area (TPSA) is 92.5 Å². The van der Waals surface area contributed by atoms with E-state index < -0.39 is 10.0 Å². The summed E-state index contributed by atoms with van der Waals surface area (Å²) in [7, 11) is -3.84. The van der Waals surface area contributed by atoms with Gasteiger partial charge in [-0.3, -0.25) is 4.79 Å². The molecular weight excluding hydrogens is 290 g/mol. The normalized spacial score (nSPS) is 19.6. The highest BCUT2D eigenvalue weighted by atomic mass is 32.2. The summed E-state index contributed by atoms with van der Waals surface area (Å²) < 4.78 is 23.3. The fraction of sp³-hybridized carbons (Fsp3) is 0.500. The standard InChI is InChI=1S/C14H21N3O3S/c1-9-6-12(7-13(11(9)3)21(15,19)20)14(18)17-5-4-16-8-10(17)2/h6-7,10,16H,4-5,8H2,1-3H3,(H2,15,19,20). The number of rotatable bonds is 2. The Hall–Kier alpha value is -1.44. The van der Waals surface area contributed by atoms with Crippen LogP contribution in [0.4, 0.5) is 0 Å². The van der Waals surface area contributed by atoms with Gasteiger partial charge in [-0.15, -0.1) is 0 Å². The molecule has 1 saturated heterocycles. The smallest absolute Gasteiger partial charge is 0.254 e. The molecule has 7 heteroatoms. The summed E-state index contributed by atoms with van der Waals surface area (Å²) in [6, 6.07) is 3.18. The lowest BCUT2D eigenvalue weighted by Gasteiger charge is -2.34. The summed E-state index contributed by atoms with van der Waals surface area (Å²) in [4.78, 5) is 14.4. The van der Waals surface area contributed by atoms with Crippen LogP contribution in [-0.4, -0.2) is 44.9 Å². The summed E-state index contributed by atoms with van der Waals surface area (Å²) >= 11 is 0. The maximum absolute atomic E-state index is 12.6. The summed E-state index contributed by atoms with van der Waals surface area (Å²) in [6.07, 6.45) is 0. The number of carbonyl (C=O) groups is 1. The highest BCUT2D eigenvalue weighted by Crippen LogP contribution is 2.22. The molecule has 21 heavy (non-hydrogen) atoms. The third-order valence-corrected chi connectivity index (χ3v) is 4.97. The third kappa shape index (κ3) is 3.25. The first-order valence-electron chi connectivity index (χ1n) is 6.87. The van der Waals surface area contributed by atoms with Crippen molar-refractivity contribution in [1.82, 2.24) is 10.2 Å². The van der Waals surface area contributed by atoms with Gasteiger partial charge in [-0.25, -0.2) is 13.6 Å². The molecule has 0 spiro atoms. The predicted molar refractivity (Wildman–Crippen MR) is 80.7 cm³/mol. The second-order valence-corrected chi connectivity index (χ2v) is 7.04. The van der Waals surface area contributed by atoms with Gasteiger partial charge in [-0.1, -0.05) is 0 Å². The number of hydrogen-bond acceptors (Lipinski definition) is 4. The Labute approximate surface area is 125 Å². The Kier molecular flexibility index (Phi) is 4.36. The number of carbonyl (C=O) groups excluding carboxylic acids is 1. The van der Waals surface area contributed by atoms with Crippen LogP contribution in [0.3, 0.4) is 0 Å². The van der Waals surface area contributed by atoms with Gasteiger partial charge >= 0.3 is 0 Å². The molecule has 2 rings (SSSR count). The number of nitrogens with one attached hydrogen (secondary N) is 1. The number of sulfonamides is 1. The molecule has 1 unspecified atom stereocenters. The minimum Gasteiger partial charge on any atom is -0.333 e. The van der Waals surface area contributed by atoms with Gasteiger partial charge in [0.15, 0.2) is 0 Å². The molecule has 0 aliphatic carbocycles. The molecule has 0 aromatic heterocycles. The summed E-state index contributed by atoms with van der Waals surface area (Å²) in [6.45, 7) is 7.52. The summed E-state index contributed by atoms with van der Waals surface area (Å²) in [5.74, 6) is -0.156. The van der Waals surface area contributed by atoms with Crippen LogP contribution in [0.2, 0.25) is 0 Å². The number of primary sulfonamides is 1. The van der Waals surface area contributed by atoms with E-state index in [9.17, 15) is 13.2 Å². The zero-order valence-corrected chi connectivity index (χ0v) is 13.3. The van der Waals surface area contributed by atoms with Gasteiger partial charge in [0, 0.05) is 31.2 Å². The SMILES string of the molecule is Cc1cc(C(=O)N2CCNCC2C)cc(S(N)(=O)=O)c1C. The van der Waals surface area contributed by atoms with E-state index in [1.807, 2.05) is 6.92 Å². The van der Waals surface area contributed by atoms with Gasteiger partial charge in [-0.2, -0.15) is 0 Å². The number of nitrogens with two attached hydrogens (primary N) is 1. The number of hydrogen-bond donors (Lipinski definition) is 2. The van der Waals surface area contributed by atoms with Gasteiger partial charge in [0.05, 0.1) is 4.90 Å². The maximum atomic E-state index is 12.6. The van der Waals surface area contributed by atoms with Gasteiger partial charge in [0.25, 0.3) is 5.91 Å². The van der Waals surface area contributed by atoms with E-state index in [1.165, 1.54) is 6.07 Å². The Morgan fingerprint density at radius 1 is 1.38 bits per heavy atom. The largest absolute Gasteiger partial charge is 0.333 e. The average molecular weight is 311 g/mol. The van der Waals surface area contributed by atoms with Gasteiger partial charge in [0.1, 0.15) is 0 Å². The Morgan fingerprint density at radius 2 is 2.05 bits per heavy atom. The Bertz CT molecular complexity index is 670. The lowest BCUT2D eigenvalue weighted by molar-refractivity contribution is 0.0655. The van der Waals surface area contributed by atoms with E-state index in [4.69, 9.17) is 5.14 Å².